The largest absolute Gasteiger partial charge is 0.411 e. The highest BCUT2D eigenvalue weighted by Gasteiger charge is 2.45. The zero-order valence-corrected chi connectivity index (χ0v) is 31.3. The molecule has 1 unspecified atom stereocenters. The fraction of sp³-hybridized carbons (Fsp3) is 0.395. The van der Waals surface area contributed by atoms with E-state index in [-0.39, 0.29) is 43.4 Å². The Kier molecular flexibility index (Phi) is 12.3. The van der Waals surface area contributed by atoms with Crippen LogP contribution in [0.1, 0.15) is 44.6 Å². The lowest BCUT2D eigenvalue weighted by molar-refractivity contribution is -0.129. The maximum Gasteiger partial charge on any atom is 0.328 e. The molecule has 282 valence electrons. The molecule has 1 aliphatic heterocycles. The molecule has 1 aliphatic rings. The van der Waals surface area contributed by atoms with Crippen LogP contribution in [0.4, 0.5) is 4.79 Å². The first-order valence-electron chi connectivity index (χ1n) is 17.5. The second kappa shape index (κ2) is 16.7. The number of urea groups is 1. The van der Waals surface area contributed by atoms with Gasteiger partial charge in [0.05, 0.1) is 40.8 Å². The van der Waals surface area contributed by atoms with E-state index in [0.717, 1.165) is 21.5 Å². The quantitative estimate of drug-likeness (QED) is 0.0674. The number of imidazole rings is 1. The van der Waals surface area contributed by atoms with Crippen molar-refractivity contribution in [1.82, 2.24) is 29.0 Å². The van der Waals surface area contributed by atoms with Gasteiger partial charge in [-0.3, -0.25) is 14.5 Å². The Morgan fingerprint density at radius 2 is 1.64 bits per heavy atom. The average Bonchev–Trinajstić information content (AvgIpc) is 3.58. The molecule has 3 aromatic carbocycles. The third-order valence-electron chi connectivity index (χ3n) is 9.27. The van der Waals surface area contributed by atoms with Crippen LogP contribution in [0, 0.1) is 11.8 Å². The van der Waals surface area contributed by atoms with Crippen LogP contribution in [0.5, 0.6) is 0 Å². The van der Waals surface area contributed by atoms with Gasteiger partial charge in [0.15, 0.2) is 0 Å². The van der Waals surface area contributed by atoms with E-state index < -0.39 is 52.0 Å². The molecule has 3 N–H and O–H groups in total. The van der Waals surface area contributed by atoms with Gasteiger partial charge in [0, 0.05) is 20.1 Å². The first-order chi connectivity index (χ1) is 25.2. The number of carbonyl (C=O) groups excluding carboxylic acids is 3. The molecule has 0 radical (unpaired) electrons. The van der Waals surface area contributed by atoms with Crippen molar-refractivity contribution in [2.75, 3.05) is 19.6 Å². The molecule has 3 atom stereocenters. The maximum atomic E-state index is 14.2. The van der Waals surface area contributed by atoms with Crippen LogP contribution in [-0.2, 0) is 39.6 Å². The van der Waals surface area contributed by atoms with Crippen molar-refractivity contribution in [3.63, 3.8) is 0 Å². The van der Waals surface area contributed by atoms with Gasteiger partial charge in [0.25, 0.3) is 5.91 Å². The Bertz CT molecular complexity index is 2050. The van der Waals surface area contributed by atoms with Gasteiger partial charge in [-0.15, -0.1) is 0 Å². The Morgan fingerprint density at radius 3 is 2.26 bits per heavy atom. The molecular weight excluding hydrogens is 699 g/mol. The summed E-state index contributed by atoms with van der Waals surface area (Å²) in [5.74, 6) is -1.05. The van der Waals surface area contributed by atoms with Crippen LogP contribution in [0.15, 0.2) is 88.9 Å². The third kappa shape index (κ3) is 8.92. The number of aromatic nitrogens is 2. The number of aliphatic hydroxyl groups excluding tert-OH is 1. The molecule has 0 aliphatic carbocycles. The predicted octanol–water partition coefficient (Wildman–Crippen LogP) is 3.61. The van der Waals surface area contributed by atoms with Crippen molar-refractivity contribution < 1.29 is 33.1 Å². The summed E-state index contributed by atoms with van der Waals surface area (Å²) in [6, 6.07) is 19.8. The molecule has 4 amide bonds. The molecular formula is C38H47N7O7S. The van der Waals surface area contributed by atoms with E-state index in [4.69, 9.17) is 5.21 Å². The fourth-order valence-corrected chi connectivity index (χ4v) is 8.21. The second-order valence-electron chi connectivity index (χ2n) is 14.1. The molecule has 53 heavy (non-hydrogen) atoms. The number of fused-ring (bicyclic) bond motifs is 1. The van der Waals surface area contributed by atoms with E-state index in [1.54, 1.807) is 13.8 Å². The van der Waals surface area contributed by atoms with Gasteiger partial charge in [0.1, 0.15) is 18.4 Å². The first kappa shape index (κ1) is 39.1. The number of imide groups is 1. The number of hydrogen-bond donors (Lipinski definition) is 3. The Labute approximate surface area is 309 Å². The van der Waals surface area contributed by atoms with Crippen LogP contribution in [0.3, 0.4) is 0 Å². The van der Waals surface area contributed by atoms with Crippen molar-refractivity contribution >= 4 is 45.1 Å². The molecule has 2 heterocycles. The summed E-state index contributed by atoms with van der Waals surface area (Å²) in [6.45, 7) is 6.64. The lowest BCUT2D eigenvalue weighted by Crippen LogP contribution is -2.57. The first-order valence-corrected chi connectivity index (χ1v) is 19.0. The molecule has 1 fully saturated rings. The number of nitrogens with zero attached hydrogens (tertiary/aromatic N) is 6. The number of carbonyl (C=O) groups is 3. The summed E-state index contributed by atoms with van der Waals surface area (Å²) < 4.78 is 30.8. The number of benzene rings is 3. The maximum absolute atomic E-state index is 14.2. The van der Waals surface area contributed by atoms with E-state index >= 15 is 0 Å². The zero-order valence-electron chi connectivity index (χ0n) is 30.5. The monoisotopic (exact) mass is 745 g/mol. The van der Waals surface area contributed by atoms with E-state index in [1.165, 1.54) is 39.7 Å². The van der Waals surface area contributed by atoms with Crippen molar-refractivity contribution in [2.45, 2.75) is 63.7 Å². The molecule has 5 rings (SSSR count). The van der Waals surface area contributed by atoms with Gasteiger partial charge in [-0.05, 0) is 53.6 Å². The summed E-state index contributed by atoms with van der Waals surface area (Å²) in [6.07, 6.45) is -0.0283. The molecule has 0 bridgehead atoms. The normalized spacial score (nSPS) is 15.7. The number of para-hydroxylation sites is 2. The topological polar surface area (TPSA) is 178 Å². The number of hydrogen-bond acceptors (Lipinski definition) is 9. The summed E-state index contributed by atoms with van der Waals surface area (Å²) in [4.78, 5) is 48.3. The summed E-state index contributed by atoms with van der Waals surface area (Å²) in [5.41, 5.74) is 2.87. The molecule has 15 heteroatoms. The van der Waals surface area contributed by atoms with Gasteiger partial charge < -0.3 is 25.1 Å². The minimum absolute atomic E-state index is 0.00985. The van der Waals surface area contributed by atoms with Crippen molar-refractivity contribution in [2.24, 2.45) is 24.0 Å². The lowest BCUT2D eigenvalue weighted by Gasteiger charge is -2.34. The number of aryl methyl sites for hydroxylation is 1. The summed E-state index contributed by atoms with van der Waals surface area (Å²) in [7, 11) is -2.29. The molecule has 4 aromatic rings. The Hall–Kier alpha value is -5.12. The van der Waals surface area contributed by atoms with E-state index in [1.807, 2.05) is 80.1 Å². The van der Waals surface area contributed by atoms with E-state index in [2.05, 4.69) is 15.5 Å². The van der Waals surface area contributed by atoms with Crippen LogP contribution in [-0.4, -0.2) is 104 Å². The number of sulfonamides is 1. The smallest absolute Gasteiger partial charge is 0.328 e. The Balaban J connectivity index is 1.39. The van der Waals surface area contributed by atoms with Gasteiger partial charge in [-0.25, -0.2) is 18.2 Å². The fourth-order valence-electron chi connectivity index (χ4n) is 6.59. The third-order valence-corrected chi connectivity index (χ3v) is 11.1. The van der Waals surface area contributed by atoms with Crippen molar-refractivity contribution in [1.29, 1.82) is 0 Å². The standard InChI is InChI=1S/C38H47N7O7S/c1-25(2)21-43(53(51,52)29-17-15-28(16-18-29)20-39-50)22-33(46)31(19-27-11-7-6-8-12-27)41-37(48)36(26(3)4)45-24-35(47)44(38(45)49)23-34-40-30-13-9-10-14-32(30)42(34)5/h6-18,20,25-26,31,33,36,46,50H,19,21-24H2,1-5H3,(H,41,48)/b39-20+/t31-,33+,36?/m0/s1. The van der Waals surface area contributed by atoms with Crippen molar-refractivity contribution in [3.8, 4) is 0 Å². The highest BCUT2D eigenvalue weighted by molar-refractivity contribution is 7.89. The number of nitrogens with one attached hydrogen (secondary N) is 1. The molecule has 1 saturated heterocycles. The zero-order chi connectivity index (χ0) is 38.4. The number of amides is 4. The minimum atomic E-state index is -4.11. The van der Waals surface area contributed by atoms with Crippen LogP contribution < -0.4 is 5.32 Å². The van der Waals surface area contributed by atoms with Crippen LogP contribution >= 0.6 is 0 Å². The van der Waals surface area contributed by atoms with Gasteiger partial charge in [-0.1, -0.05) is 87.4 Å². The number of rotatable bonds is 16. The predicted molar refractivity (Wildman–Crippen MR) is 199 cm³/mol. The number of oxime groups is 1. The van der Waals surface area contributed by atoms with E-state index in [9.17, 15) is 27.9 Å². The molecule has 0 saturated carbocycles. The second-order valence-corrected chi connectivity index (χ2v) is 16.0. The van der Waals surface area contributed by atoms with Gasteiger partial charge in [0.2, 0.25) is 15.9 Å². The SMILES string of the molecule is CC(C)CN(C[C@@H](O)[C@H](Cc1ccccc1)NC(=O)C(C(C)C)N1CC(=O)N(Cc2nc3ccccc3n2C)C1=O)S(=O)(=O)c1ccc(/C=N/O)cc1. The Morgan fingerprint density at radius 1 is 0.981 bits per heavy atom. The van der Waals surface area contributed by atoms with Crippen LogP contribution in [0.2, 0.25) is 0 Å². The van der Waals surface area contributed by atoms with Crippen LogP contribution in [0.25, 0.3) is 11.0 Å². The summed E-state index contributed by atoms with van der Waals surface area (Å²) in [5, 5.41) is 26.5. The van der Waals surface area contributed by atoms with Crippen molar-refractivity contribution in [3.05, 3.63) is 95.8 Å². The minimum Gasteiger partial charge on any atom is -0.411 e. The molecule has 14 nitrogen and oxygen atoms in total. The highest BCUT2D eigenvalue weighted by atomic mass is 32.2. The molecule has 1 aromatic heterocycles. The average molecular weight is 746 g/mol. The highest BCUT2D eigenvalue weighted by Crippen LogP contribution is 2.24. The van der Waals surface area contributed by atoms with Gasteiger partial charge in [-0.2, -0.15) is 4.31 Å². The van der Waals surface area contributed by atoms with E-state index in [0.29, 0.717) is 11.4 Å². The lowest BCUT2D eigenvalue weighted by atomic mass is 9.97. The van der Waals surface area contributed by atoms with Gasteiger partial charge >= 0.3 is 6.03 Å². The number of aliphatic hydroxyl groups is 1. The molecule has 0 spiro atoms. The summed E-state index contributed by atoms with van der Waals surface area (Å²) >= 11 is 0.